The average Bonchev–Trinajstić information content (AvgIpc) is 3.51. The van der Waals surface area contributed by atoms with Gasteiger partial charge in [0.2, 0.25) is 5.91 Å². The van der Waals surface area contributed by atoms with Crippen molar-refractivity contribution in [2.75, 3.05) is 44.8 Å². The zero-order valence-corrected chi connectivity index (χ0v) is 23.8. The molecule has 0 bridgehead atoms. The van der Waals surface area contributed by atoms with Crippen LogP contribution in [0.4, 0.5) is 18.9 Å². The second-order valence-corrected chi connectivity index (χ2v) is 10.2. The molecule has 4 rings (SSSR count). The first-order valence-corrected chi connectivity index (χ1v) is 14.3. The molecular weight excluding hydrogens is 571 g/mol. The third-order valence-corrected chi connectivity index (χ3v) is 7.10. The van der Waals surface area contributed by atoms with Gasteiger partial charge < -0.3 is 35.2 Å². The molecule has 0 saturated heterocycles. The number of hydrogen-bond donors (Lipinski definition) is 4. The van der Waals surface area contributed by atoms with Gasteiger partial charge in [0.25, 0.3) is 5.91 Å². The summed E-state index contributed by atoms with van der Waals surface area (Å²) >= 11 is 0. The number of amides is 2. The summed E-state index contributed by atoms with van der Waals surface area (Å²) in [6, 6.07) is 14.0. The SMILES string of the molecule is O=C(O)C(F)(F)F.O=C1COc2c(CCNCCN(C(=O)CCOCCc3ccccc3)C3CCCC3)ccc(O)c2N1. The molecule has 13 heteroatoms. The molecule has 1 saturated carbocycles. The highest BCUT2D eigenvalue weighted by Gasteiger charge is 2.38. The molecule has 10 nitrogen and oxygen atoms in total. The van der Waals surface area contributed by atoms with Crippen molar-refractivity contribution in [3.63, 3.8) is 0 Å². The van der Waals surface area contributed by atoms with E-state index >= 15 is 0 Å². The standard InChI is InChI=1S/C28H37N3O5.C2HF3O2/c32-24-11-10-22(28-27(24)30-25(33)20-36-28)12-15-29-16-17-31(23-8-4-5-9-23)26(34)14-19-35-18-13-21-6-2-1-3-7-21;3-2(4,5)1(6)7/h1-3,6-7,10-11,23,29,32H,4-5,8-9,12-20H2,(H,30,33);(H,6,7). The van der Waals surface area contributed by atoms with Crippen LogP contribution in [0.5, 0.6) is 11.5 Å². The molecule has 2 aliphatic rings. The molecule has 2 amide bonds. The van der Waals surface area contributed by atoms with Crippen molar-refractivity contribution < 1.29 is 47.2 Å². The third kappa shape index (κ3) is 11.1. The number of phenols is 1. The number of halogens is 3. The Labute approximate surface area is 248 Å². The molecule has 2 aromatic rings. The van der Waals surface area contributed by atoms with Crippen LogP contribution in [0.2, 0.25) is 0 Å². The largest absolute Gasteiger partial charge is 0.506 e. The van der Waals surface area contributed by atoms with E-state index in [1.54, 1.807) is 6.07 Å². The summed E-state index contributed by atoms with van der Waals surface area (Å²) in [5.41, 5.74) is 2.51. The number of ether oxygens (including phenoxy) is 2. The molecular formula is C30H38F3N3O7. The highest BCUT2D eigenvalue weighted by Crippen LogP contribution is 2.39. The van der Waals surface area contributed by atoms with Crippen molar-refractivity contribution in [2.45, 2.75) is 57.2 Å². The fourth-order valence-corrected chi connectivity index (χ4v) is 4.93. The number of carboxylic acid groups (broad SMARTS) is 1. The minimum absolute atomic E-state index is 0.00419. The number of anilines is 1. The predicted octanol–water partition coefficient (Wildman–Crippen LogP) is 3.91. The van der Waals surface area contributed by atoms with E-state index < -0.39 is 12.1 Å². The number of fused-ring (bicyclic) bond motifs is 1. The summed E-state index contributed by atoms with van der Waals surface area (Å²) in [5, 5.41) is 23.2. The van der Waals surface area contributed by atoms with Gasteiger partial charge >= 0.3 is 12.1 Å². The minimum atomic E-state index is -5.08. The molecule has 0 radical (unpaired) electrons. The van der Waals surface area contributed by atoms with Crippen LogP contribution in [0.15, 0.2) is 42.5 Å². The Morgan fingerprint density at radius 3 is 2.42 bits per heavy atom. The monoisotopic (exact) mass is 609 g/mol. The van der Waals surface area contributed by atoms with Crippen LogP contribution in [-0.4, -0.2) is 84.6 Å². The smallest absolute Gasteiger partial charge is 0.490 e. The zero-order chi connectivity index (χ0) is 31.2. The molecule has 1 fully saturated rings. The van der Waals surface area contributed by atoms with Crippen LogP contribution in [-0.2, 0) is 32.0 Å². The lowest BCUT2D eigenvalue weighted by atomic mass is 10.1. The van der Waals surface area contributed by atoms with Crippen LogP contribution < -0.4 is 15.4 Å². The maximum atomic E-state index is 13.0. The predicted molar refractivity (Wildman–Crippen MR) is 152 cm³/mol. The quantitative estimate of drug-likeness (QED) is 0.198. The van der Waals surface area contributed by atoms with Gasteiger partial charge in [0, 0.05) is 19.1 Å². The van der Waals surface area contributed by atoms with Gasteiger partial charge in [-0.25, -0.2) is 4.79 Å². The normalized spacial score (nSPS) is 14.6. The number of carbonyl (C=O) groups is 3. The average molecular weight is 610 g/mol. The minimum Gasteiger partial charge on any atom is -0.506 e. The molecule has 43 heavy (non-hydrogen) atoms. The van der Waals surface area contributed by atoms with Gasteiger partial charge in [-0.1, -0.05) is 49.2 Å². The van der Waals surface area contributed by atoms with Crippen LogP contribution in [0.3, 0.4) is 0 Å². The third-order valence-electron chi connectivity index (χ3n) is 7.10. The second-order valence-electron chi connectivity index (χ2n) is 10.2. The van der Waals surface area contributed by atoms with Crippen molar-refractivity contribution >= 4 is 23.5 Å². The van der Waals surface area contributed by atoms with Crippen LogP contribution in [0.25, 0.3) is 0 Å². The zero-order valence-electron chi connectivity index (χ0n) is 23.8. The first-order valence-electron chi connectivity index (χ1n) is 14.3. The first-order chi connectivity index (χ1) is 20.6. The van der Waals surface area contributed by atoms with Gasteiger partial charge in [-0.2, -0.15) is 13.2 Å². The maximum Gasteiger partial charge on any atom is 0.490 e. The van der Waals surface area contributed by atoms with E-state index in [4.69, 9.17) is 19.4 Å². The summed E-state index contributed by atoms with van der Waals surface area (Å²) in [6.45, 7) is 3.10. The van der Waals surface area contributed by atoms with E-state index in [1.165, 1.54) is 18.4 Å². The second kappa shape index (κ2) is 16.7. The van der Waals surface area contributed by atoms with E-state index in [0.29, 0.717) is 63.2 Å². The van der Waals surface area contributed by atoms with E-state index in [0.717, 1.165) is 24.8 Å². The van der Waals surface area contributed by atoms with Crippen molar-refractivity contribution in [3.05, 3.63) is 53.6 Å². The van der Waals surface area contributed by atoms with E-state index in [2.05, 4.69) is 22.8 Å². The van der Waals surface area contributed by atoms with Crippen molar-refractivity contribution in [2.24, 2.45) is 0 Å². The molecule has 0 atom stereocenters. The summed E-state index contributed by atoms with van der Waals surface area (Å²) in [6.07, 6.45) is 1.37. The molecule has 0 unspecified atom stereocenters. The van der Waals surface area contributed by atoms with Crippen LogP contribution in [0.1, 0.15) is 43.2 Å². The molecule has 1 aliphatic heterocycles. The Bertz CT molecular complexity index is 1210. The number of aromatic hydroxyl groups is 1. The summed E-state index contributed by atoms with van der Waals surface area (Å²) in [4.78, 5) is 35.5. The number of carboxylic acids is 1. The number of alkyl halides is 3. The Morgan fingerprint density at radius 1 is 1.05 bits per heavy atom. The van der Waals surface area contributed by atoms with Crippen molar-refractivity contribution in [1.82, 2.24) is 10.2 Å². The van der Waals surface area contributed by atoms with Gasteiger partial charge in [-0.15, -0.1) is 0 Å². The number of nitrogens with zero attached hydrogens (tertiary/aromatic N) is 1. The van der Waals surface area contributed by atoms with E-state index in [9.17, 15) is 27.9 Å². The number of nitrogens with one attached hydrogen (secondary N) is 2. The van der Waals surface area contributed by atoms with Crippen molar-refractivity contribution in [1.29, 1.82) is 0 Å². The van der Waals surface area contributed by atoms with Gasteiger partial charge in [-0.05, 0) is 49.4 Å². The summed E-state index contributed by atoms with van der Waals surface area (Å²) in [7, 11) is 0. The Morgan fingerprint density at radius 2 is 1.74 bits per heavy atom. The van der Waals surface area contributed by atoms with Crippen LogP contribution >= 0.6 is 0 Å². The Hall–Kier alpha value is -3.84. The number of carbonyl (C=O) groups excluding carboxylic acids is 2. The highest BCUT2D eigenvalue weighted by atomic mass is 19.4. The van der Waals surface area contributed by atoms with Gasteiger partial charge in [-0.3, -0.25) is 9.59 Å². The molecule has 1 aliphatic carbocycles. The van der Waals surface area contributed by atoms with E-state index in [1.807, 2.05) is 29.2 Å². The van der Waals surface area contributed by atoms with E-state index in [-0.39, 0.29) is 24.2 Å². The lowest BCUT2D eigenvalue weighted by Crippen LogP contribution is -2.43. The lowest BCUT2D eigenvalue weighted by Gasteiger charge is -2.29. The van der Waals surface area contributed by atoms with Gasteiger partial charge in [0.1, 0.15) is 11.4 Å². The number of aliphatic carboxylic acids is 1. The summed E-state index contributed by atoms with van der Waals surface area (Å²) in [5.74, 6) is -2.32. The summed E-state index contributed by atoms with van der Waals surface area (Å²) < 4.78 is 43.0. The molecule has 1 heterocycles. The first kappa shape index (κ1) is 33.7. The topological polar surface area (TPSA) is 137 Å². The number of phenolic OH excluding ortho intramolecular Hbond substituents is 1. The highest BCUT2D eigenvalue weighted by molar-refractivity contribution is 5.97. The molecule has 0 aromatic heterocycles. The lowest BCUT2D eigenvalue weighted by molar-refractivity contribution is -0.192. The fraction of sp³-hybridized carbons (Fsp3) is 0.500. The Balaban J connectivity index is 0.000000646. The molecule has 2 aromatic carbocycles. The Kier molecular flexibility index (Phi) is 13.1. The fourth-order valence-electron chi connectivity index (χ4n) is 4.93. The number of hydrogen-bond acceptors (Lipinski definition) is 7. The molecule has 0 spiro atoms. The molecule has 236 valence electrons. The van der Waals surface area contributed by atoms with Crippen molar-refractivity contribution in [3.8, 4) is 11.5 Å². The maximum absolute atomic E-state index is 13.0. The molecule has 4 N–H and O–H groups in total. The van der Waals surface area contributed by atoms with Gasteiger partial charge in [0.05, 0.1) is 19.6 Å². The number of benzene rings is 2. The number of rotatable bonds is 13. The van der Waals surface area contributed by atoms with Gasteiger partial charge in [0.15, 0.2) is 12.4 Å². The van der Waals surface area contributed by atoms with Crippen LogP contribution in [0, 0.1) is 0 Å².